The zero-order chi connectivity index (χ0) is 14.5. The van der Waals surface area contributed by atoms with Gasteiger partial charge in [0.15, 0.2) is 0 Å². The summed E-state index contributed by atoms with van der Waals surface area (Å²) < 4.78 is 11.2. The lowest BCUT2D eigenvalue weighted by atomic mass is 9.87. The highest BCUT2D eigenvalue weighted by molar-refractivity contribution is 7.07. The van der Waals surface area contributed by atoms with Gasteiger partial charge in [0.05, 0.1) is 19.8 Å². The fraction of sp³-hybridized carbons (Fsp3) is 0.750. The summed E-state index contributed by atoms with van der Waals surface area (Å²) in [5.74, 6) is 0. The van der Waals surface area contributed by atoms with Crippen LogP contribution in [0.2, 0.25) is 0 Å². The molecule has 0 saturated carbocycles. The van der Waals surface area contributed by atoms with E-state index in [-0.39, 0.29) is 0 Å². The molecule has 21 heavy (non-hydrogen) atoms. The minimum Gasteiger partial charge on any atom is -0.383 e. The number of rotatable bonds is 5. The van der Waals surface area contributed by atoms with Gasteiger partial charge < -0.3 is 14.4 Å². The predicted molar refractivity (Wildman–Crippen MR) is 85.8 cm³/mol. The molecule has 2 aliphatic heterocycles. The highest BCUT2D eigenvalue weighted by Gasteiger charge is 2.40. The molecule has 118 valence electrons. The van der Waals surface area contributed by atoms with Gasteiger partial charge in [-0.3, -0.25) is 4.90 Å². The molecule has 0 unspecified atom stereocenters. The number of ether oxygens (including phenoxy) is 2. The van der Waals surface area contributed by atoms with Crippen LogP contribution in [0, 0.1) is 5.41 Å². The van der Waals surface area contributed by atoms with Crippen molar-refractivity contribution in [3.63, 3.8) is 0 Å². The molecule has 1 aromatic rings. The molecule has 3 heterocycles. The van der Waals surface area contributed by atoms with Crippen LogP contribution in [-0.2, 0) is 16.0 Å². The summed E-state index contributed by atoms with van der Waals surface area (Å²) in [6.07, 6.45) is 1.25. The molecule has 0 N–H and O–H groups in total. The molecule has 0 amide bonds. The Balaban J connectivity index is 1.59. The fourth-order valence-electron chi connectivity index (χ4n) is 3.54. The van der Waals surface area contributed by atoms with E-state index in [0.717, 1.165) is 52.5 Å². The van der Waals surface area contributed by atoms with E-state index in [1.807, 2.05) is 0 Å². The van der Waals surface area contributed by atoms with Crippen LogP contribution in [-0.4, -0.2) is 69.5 Å². The van der Waals surface area contributed by atoms with Gasteiger partial charge in [-0.15, -0.1) is 0 Å². The Kier molecular flexibility index (Phi) is 5.29. The molecule has 2 saturated heterocycles. The molecule has 1 aromatic heterocycles. The van der Waals surface area contributed by atoms with Gasteiger partial charge in [0.2, 0.25) is 0 Å². The van der Waals surface area contributed by atoms with E-state index >= 15 is 0 Å². The summed E-state index contributed by atoms with van der Waals surface area (Å²) in [7, 11) is 1.78. The molecule has 3 rings (SSSR count). The Morgan fingerprint density at radius 3 is 3.05 bits per heavy atom. The van der Waals surface area contributed by atoms with Crippen molar-refractivity contribution >= 4 is 11.3 Å². The van der Waals surface area contributed by atoms with Crippen molar-refractivity contribution in [2.24, 2.45) is 5.41 Å². The van der Waals surface area contributed by atoms with E-state index in [1.165, 1.54) is 18.5 Å². The Labute approximate surface area is 131 Å². The maximum absolute atomic E-state index is 5.94. The lowest BCUT2D eigenvalue weighted by Crippen LogP contribution is -2.40. The lowest BCUT2D eigenvalue weighted by Gasteiger charge is -2.32. The topological polar surface area (TPSA) is 24.9 Å². The largest absolute Gasteiger partial charge is 0.383 e. The first kappa shape index (κ1) is 15.4. The SMILES string of the molecule is COCCN1CC[C@]2(COCCN(Cc3ccsc3)C2)C1. The van der Waals surface area contributed by atoms with E-state index in [1.54, 1.807) is 18.4 Å². The van der Waals surface area contributed by atoms with Crippen LogP contribution in [0.1, 0.15) is 12.0 Å². The summed E-state index contributed by atoms with van der Waals surface area (Å²) in [4.78, 5) is 5.11. The standard InChI is InChI=1S/C16H26N2O2S/c1-19-7-5-17-4-3-16(12-17)13-18(6-8-20-14-16)10-15-2-9-21-11-15/h2,9,11H,3-8,10,12-14H2,1H3/t16-/m0/s1. The van der Waals surface area contributed by atoms with Gasteiger partial charge in [0.25, 0.3) is 0 Å². The van der Waals surface area contributed by atoms with Crippen LogP contribution < -0.4 is 0 Å². The molecule has 0 radical (unpaired) electrons. The number of thiophene rings is 1. The van der Waals surface area contributed by atoms with Crippen molar-refractivity contribution in [3.8, 4) is 0 Å². The number of methoxy groups -OCH3 is 1. The number of nitrogens with zero attached hydrogens (tertiary/aromatic N) is 2. The van der Waals surface area contributed by atoms with Crippen LogP contribution in [0.4, 0.5) is 0 Å². The highest BCUT2D eigenvalue weighted by atomic mass is 32.1. The minimum atomic E-state index is 0.320. The third kappa shape index (κ3) is 4.05. The summed E-state index contributed by atoms with van der Waals surface area (Å²) in [6.45, 7) is 9.25. The van der Waals surface area contributed by atoms with E-state index in [0.29, 0.717) is 5.41 Å². The van der Waals surface area contributed by atoms with E-state index in [4.69, 9.17) is 9.47 Å². The van der Waals surface area contributed by atoms with Crippen molar-refractivity contribution in [2.45, 2.75) is 13.0 Å². The van der Waals surface area contributed by atoms with Gasteiger partial charge >= 0.3 is 0 Å². The highest BCUT2D eigenvalue weighted by Crippen LogP contribution is 2.33. The average Bonchev–Trinajstić information content (AvgIpc) is 3.07. The average molecular weight is 310 g/mol. The van der Waals surface area contributed by atoms with E-state index in [9.17, 15) is 0 Å². The monoisotopic (exact) mass is 310 g/mol. The van der Waals surface area contributed by atoms with Gasteiger partial charge in [0.1, 0.15) is 0 Å². The summed E-state index contributed by atoms with van der Waals surface area (Å²) >= 11 is 1.79. The van der Waals surface area contributed by atoms with Crippen molar-refractivity contribution < 1.29 is 9.47 Å². The van der Waals surface area contributed by atoms with Crippen LogP contribution in [0.15, 0.2) is 16.8 Å². The predicted octanol–water partition coefficient (Wildman–Crippen LogP) is 1.92. The third-order valence-corrected chi connectivity index (χ3v) is 5.37. The Hall–Kier alpha value is -0.460. The Morgan fingerprint density at radius 1 is 1.33 bits per heavy atom. The smallest absolute Gasteiger partial charge is 0.0593 e. The molecule has 1 atom stereocenters. The second-order valence-corrected chi connectivity index (χ2v) is 7.19. The maximum Gasteiger partial charge on any atom is 0.0593 e. The molecule has 0 aromatic carbocycles. The van der Waals surface area contributed by atoms with Crippen LogP contribution in [0.3, 0.4) is 0 Å². The number of hydrogen-bond acceptors (Lipinski definition) is 5. The maximum atomic E-state index is 5.94. The number of likely N-dealkylation sites (tertiary alicyclic amines) is 1. The van der Waals surface area contributed by atoms with Gasteiger partial charge in [0, 0.05) is 45.2 Å². The van der Waals surface area contributed by atoms with E-state index < -0.39 is 0 Å². The fourth-order valence-corrected chi connectivity index (χ4v) is 4.20. The quantitative estimate of drug-likeness (QED) is 0.829. The minimum absolute atomic E-state index is 0.320. The molecular formula is C16H26N2O2S. The van der Waals surface area contributed by atoms with Gasteiger partial charge in [-0.2, -0.15) is 11.3 Å². The van der Waals surface area contributed by atoms with Crippen molar-refractivity contribution in [1.29, 1.82) is 0 Å². The zero-order valence-corrected chi connectivity index (χ0v) is 13.7. The second-order valence-electron chi connectivity index (χ2n) is 6.41. The summed E-state index contributed by atoms with van der Waals surface area (Å²) in [5, 5.41) is 4.43. The van der Waals surface area contributed by atoms with Crippen LogP contribution in [0.25, 0.3) is 0 Å². The van der Waals surface area contributed by atoms with E-state index in [2.05, 4.69) is 26.6 Å². The van der Waals surface area contributed by atoms with Crippen molar-refractivity contribution in [1.82, 2.24) is 9.80 Å². The normalized spacial score (nSPS) is 28.2. The molecule has 0 aliphatic carbocycles. The first-order valence-corrected chi connectivity index (χ1v) is 8.76. The zero-order valence-electron chi connectivity index (χ0n) is 12.9. The molecule has 2 fully saturated rings. The van der Waals surface area contributed by atoms with Gasteiger partial charge in [-0.05, 0) is 35.4 Å². The molecule has 5 heteroatoms. The molecular weight excluding hydrogens is 284 g/mol. The third-order valence-electron chi connectivity index (χ3n) is 4.63. The first-order valence-electron chi connectivity index (χ1n) is 7.82. The first-order chi connectivity index (χ1) is 10.3. The van der Waals surface area contributed by atoms with Crippen molar-refractivity contribution in [2.75, 3.05) is 59.7 Å². The van der Waals surface area contributed by atoms with Crippen LogP contribution in [0.5, 0.6) is 0 Å². The molecule has 0 bridgehead atoms. The Morgan fingerprint density at radius 2 is 2.24 bits per heavy atom. The molecule has 2 aliphatic rings. The lowest BCUT2D eigenvalue weighted by molar-refractivity contribution is 0.0682. The second kappa shape index (κ2) is 7.20. The van der Waals surface area contributed by atoms with Crippen LogP contribution >= 0.6 is 11.3 Å². The summed E-state index contributed by atoms with van der Waals surface area (Å²) in [5.41, 5.74) is 1.76. The number of hydrogen-bond donors (Lipinski definition) is 0. The Bertz CT molecular complexity index is 426. The molecule has 1 spiro atoms. The van der Waals surface area contributed by atoms with Crippen molar-refractivity contribution in [3.05, 3.63) is 22.4 Å². The van der Waals surface area contributed by atoms with Gasteiger partial charge in [-0.1, -0.05) is 0 Å². The molecule has 4 nitrogen and oxygen atoms in total. The van der Waals surface area contributed by atoms with Gasteiger partial charge in [-0.25, -0.2) is 0 Å². The summed E-state index contributed by atoms with van der Waals surface area (Å²) in [6, 6.07) is 2.24.